The van der Waals surface area contributed by atoms with Gasteiger partial charge in [-0.25, -0.2) is 4.99 Å². The molecule has 7 nitrogen and oxygen atoms in total. The minimum Gasteiger partial charge on any atom is -0.488 e. The van der Waals surface area contributed by atoms with Crippen molar-refractivity contribution in [1.29, 1.82) is 0 Å². The van der Waals surface area contributed by atoms with Crippen LogP contribution < -0.4 is 20.7 Å². The zero-order valence-corrected chi connectivity index (χ0v) is 22.0. The highest BCUT2D eigenvalue weighted by atomic mass is 127. The topological polar surface area (TPSA) is 84.0 Å². The second-order valence-electron chi connectivity index (χ2n) is 7.82. The van der Waals surface area contributed by atoms with Crippen LogP contribution in [0.4, 0.5) is 0 Å². The largest absolute Gasteiger partial charge is 0.488 e. The second kappa shape index (κ2) is 14.0. The number of amides is 1. The van der Waals surface area contributed by atoms with E-state index in [-0.39, 0.29) is 36.0 Å². The molecule has 1 saturated heterocycles. The van der Waals surface area contributed by atoms with Gasteiger partial charge in [0.25, 0.3) is 5.91 Å². The van der Waals surface area contributed by atoms with E-state index < -0.39 is 0 Å². The fraction of sp³-hybridized carbons (Fsp3) is 0.440. The van der Waals surface area contributed by atoms with Crippen molar-refractivity contribution in [3.05, 3.63) is 64.7 Å². The average molecular weight is 566 g/mol. The van der Waals surface area contributed by atoms with Crippen molar-refractivity contribution >= 4 is 35.8 Å². The molecule has 33 heavy (non-hydrogen) atoms. The van der Waals surface area contributed by atoms with E-state index >= 15 is 0 Å². The molecule has 1 atom stereocenters. The fourth-order valence-electron chi connectivity index (χ4n) is 3.47. The number of ether oxygens (including phenoxy) is 2. The minimum absolute atomic E-state index is 0. The number of hydrogen-bond acceptors (Lipinski definition) is 4. The van der Waals surface area contributed by atoms with E-state index in [2.05, 4.69) is 41.1 Å². The quantitative estimate of drug-likeness (QED) is 0.245. The Labute approximate surface area is 213 Å². The van der Waals surface area contributed by atoms with Crippen molar-refractivity contribution in [2.75, 3.05) is 26.3 Å². The predicted octanol–water partition coefficient (Wildman–Crippen LogP) is 3.79. The van der Waals surface area contributed by atoms with E-state index in [1.807, 2.05) is 38.1 Å². The number of aliphatic imine (C=N–C) groups is 1. The molecular weight excluding hydrogens is 531 g/mol. The summed E-state index contributed by atoms with van der Waals surface area (Å²) in [6, 6.07) is 13.8. The molecule has 1 unspecified atom stereocenters. The SMILES string of the molecule is CCNC(=O)c1cccc(CN=C(NCC)NCc2ccc(C)cc2OC2CCOC2)c1.I. The molecule has 3 rings (SSSR count). The summed E-state index contributed by atoms with van der Waals surface area (Å²) in [7, 11) is 0. The first kappa shape index (κ1) is 26.9. The van der Waals surface area contributed by atoms with Gasteiger partial charge in [-0.3, -0.25) is 4.79 Å². The lowest BCUT2D eigenvalue weighted by molar-refractivity contribution is 0.0955. The number of guanidine groups is 1. The van der Waals surface area contributed by atoms with Gasteiger partial charge in [-0.1, -0.05) is 24.3 Å². The lowest BCUT2D eigenvalue weighted by atomic mass is 10.1. The molecule has 1 amide bonds. The van der Waals surface area contributed by atoms with E-state index in [1.165, 1.54) is 0 Å². The predicted molar refractivity (Wildman–Crippen MR) is 143 cm³/mol. The summed E-state index contributed by atoms with van der Waals surface area (Å²) in [4.78, 5) is 16.8. The van der Waals surface area contributed by atoms with Crippen LogP contribution in [0, 0.1) is 6.92 Å². The van der Waals surface area contributed by atoms with Crippen molar-refractivity contribution in [1.82, 2.24) is 16.0 Å². The maximum absolute atomic E-state index is 12.1. The first-order chi connectivity index (χ1) is 15.6. The summed E-state index contributed by atoms with van der Waals surface area (Å²) in [5, 5.41) is 9.51. The van der Waals surface area contributed by atoms with Crippen LogP contribution >= 0.6 is 24.0 Å². The summed E-state index contributed by atoms with van der Waals surface area (Å²) >= 11 is 0. The molecule has 0 spiro atoms. The van der Waals surface area contributed by atoms with Gasteiger partial charge in [0.2, 0.25) is 0 Å². The lowest BCUT2D eigenvalue weighted by Crippen LogP contribution is -2.37. The zero-order chi connectivity index (χ0) is 22.8. The number of nitrogens with zero attached hydrogens (tertiary/aromatic N) is 1. The standard InChI is InChI=1S/C25H34N4O3.HI/c1-4-26-24(30)20-8-6-7-19(14-20)15-28-25(27-5-2)29-16-21-10-9-18(3)13-23(21)32-22-11-12-31-17-22;/h6-10,13-14,22H,4-5,11-12,15-17H2,1-3H3,(H,26,30)(H2,27,28,29);1H. The number of carbonyl (C=O) groups excluding carboxylic acids is 1. The minimum atomic E-state index is -0.0667. The summed E-state index contributed by atoms with van der Waals surface area (Å²) in [6.07, 6.45) is 1.02. The van der Waals surface area contributed by atoms with Gasteiger partial charge in [0.1, 0.15) is 11.9 Å². The first-order valence-electron chi connectivity index (χ1n) is 11.3. The third-order valence-electron chi connectivity index (χ3n) is 5.14. The van der Waals surface area contributed by atoms with E-state index in [0.29, 0.717) is 37.8 Å². The van der Waals surface area contributed by atoms with E-state index in [4.69, 9.17) is 14.5 Å². The maximum atomic E-state index is 12.1. The molecule has 0 radical (unpaired) electrons. The van der Waals surface area contributed by atoms with Gasteiger partial charge in [0.05, 0.1) is 19.8 Å². The van der Waals surface area contributed by atoms with Crippen LogP contribution in [0.2, 0.25) is 0 Å². The number of benzene rings is 2. The number of nitrogens with one attached hydrogen (secondary N) is 3. The Balaban J connectivity index is 0.00000385. The first-order valence-corrected chi connectivity index (χ1v) is 11.3. The van der Waals surface area contributed by atoms with E-state index in [1.54, 1.807) is 0 Å². The lowest BCUT2D eigenvalue weighted by Gasteiger charge is -2.18. The van der Waals surface area contributed by atoms with Gasteiger partial charge in [-0.05, 0) is 50.1 Å². The van der Waals surface area contributed by atoms with Gasteiger partial charge in [0, 0.05) is 37.2 Å². The molecule has 0 saturated carbocycles. The monoisotopic (exact) mass is 566 g/mol. The molecule has 3 N–H and O–H groups in total. The van der Waals surface area contributed by atoms with Gasteiger partial charge in [-0.15, -0.1) is 24.0 Å². The third-order valence-corrected chi connectivity index (χ3v) is 5.14. The number of carbonyl (C=O) groups is 1. The molecule has 1 heterocycles. The molecule has 2 aromatic rings. The Bertz CT molecular complexity index is 930. The van der Waals surface area contributed by atoms with E-state index in [0.717, 1.165) is 42.0 Å². The molecule has 2 aromatic carbocycles. The average Bonchev–Trinajstić information content (AvgIpc) is 3.30. The van der Waals surface area contributed by atoms with Crippen molar-refractivity contribution < 1.29 is 14.3 Å². The van der Waals surface area contributed by atoms with Crippen molar-refractivity contribution in [3.63, 3.8) is 0 Å². The molecular formula is C25H35IN4O3. The summed E-state index contributed by atoms with van der Waals surface area (Å²) < 4.78 is 11.6. The van der Waals surface area contributed by atoms with E-state index in [9.17, 15) is 4.79 Å². The van der Waals surface area contributed by atoms with Crippen LogP contribution in [-0.2, 0) is 17.8 Å². The molecule has 1 aliphatic rings. The van der Waals surface area contributed by atoms with Crippen LogP contribution in [0.1, 0.15) is 47.3 Å². The number of rotatable bonds is 9. The summed E-state index contributed by atoms with van der Waals surface area (Å²) in [5.74, 6) is 1.54. The maximum Gasteiger partial charge on any atom is 0.251 e. The molecule has 0 aliphatic carbocycles. The summed E-state index contributed by atoms with van der Waals surface area (Å²) in [6.45, 7) is 9.82. The Kier molecular flexibility index (Phi) is 11.5. The third kappa shape index (κ3) is 8.51. The smallest absolute Gasteiger partial charge is 0.251 e. The highest BCUT2D eigenvalue weighted by molar-refractivity contribution is 14.0. The molecule has 0 aromatic heterocycles. The molecule has 1 fully saturated rings. The van der Waals surface area contributed by atoms with Crippen molar-refractivity contribution in [3.8, 4) is 5.75 Å². The van der Waals surface area contributed by atoms with Crippen LogP contribution in [-0.4, -0.2) is 44.3 Å². The number of aryl methyl sites for hydroxylation is 1. The van der Waals surface area contributed by atoms with Crippen LogP contribution in [0.3, 0.4) is 0 Å². The van der Waals surface area contributed by atoms with Gasteiger partial charge in [0.15, 0.2) is 5.96 Å². The van der Waals surface area contributed by atoms with Crippen LogP contribution in [0.15, 0.2) is 47.5 Å². The Morgan fingerprint density at radius 1 is 1.12 bits per heavy atom. The molecule has 180 valence electrons. The zero-order valence-electron chi connectivity index (χ0n) is 19.6. The Morgan fingerprint density at radius 3 is 2.67 bits per heavy atom. The van der Waals surface area contributed by atoms with Crippen LogP contribution in [0.5, 0.6) is 5.75 Å². The highest BCUT2D eigenvalue weighted by Gasteiger charge is 2.18. The van der Waals surface area contributed by atoms with Crippen molar-refractivity contribution in [2.24, 2.45) is 4.99 Å². The van der Waals surface area contributed by atoms with Gasteiger partial charge >= 0.3 is 0 Å². The molecule has 1 aliphatic heterocycles. The van der Waals surface area contributed by atoms with Gasteiger partial charge in [-0.2, -0.15) is 0 Å². The fourth-order valence-corrected chi connectivity index (χ4v) is 3.47. The normalized spacial score (nSPS) is 15.5. The Hall–Kier alpha value is -2.33. The van der Waals surface area contributed by atoms with Crippen LogP contribution in [0.25, 0.3) is 0 Å². The highest BCUT2D eigenvalue weighted by Crippen LogP contribution is 2.23. The molecule has 8 heteroatoms. The van der Waals surface area contributed by atoms with Gasteiger partial charge < -0.3 is 25.4 Å². The Morgan fingerprint density at radius 2 is 1.94 bits per heavy atom. The summed E-state index contributed by atoms with van der Waals surface area (Å²) in [5.41, 5.74) is 3.86. The van der Waals surface area contributed by atoms with Crippen molar-refractivity contribution in [2.45, 2.75) is 46.4 Å². The molecule has 0 bridgehead atoms. The number of halogens is 1. The second-order valence-corrected chi connectivity index (χ2v) is 7.82. The number of hydrogen-bond donors (Lipinski definition) is 3.